The fourth-order valence-corrected chi connectivity index (χ4v) is 6.16. The number of amides is 2. The van der Waals surface area contributed by atoms with E-state index in [9.17, 15) is 14.7 Å². The highest BCUT2D eigenvalue weighted by Crippen LogP contribution is 2.39. The van der Waals surface area contributed by atoms with E-state index in [1.807, 2.05) is 54.6 Å². The molecule has 2 amide bonds. The quantitative estimate of drug-likeness (QED) is 0.0798. The van der Waals surface area contributed by atoms with E-state index in [1.54, 1.807) is 5.48 Å². The molecule has 0 bridgehead atoms. The van der Waals surface area contributed by atoms with E-state index in [2.05, 4.69) is 16.8 Å². The van der Waals surface area contributed by atoms with Gasteiger partial charge in [0, 0.05) is 50.5 Å². The number of nitrogens with zero attached hydrogens (tertiary/aromatic N) is 1. The van der Waals surface area contributed by atoms with Crippen molar-refractivity contribution in [2.24, 2.45) is 0 Å². The number of aliphatic hydroxyl groups is 1. The number of carbonyl (C=O) groups excluding carboxylic acids is 2. The van der Waals surface area contributed by atoms with E-state index in [4.69, 9.17) is 14.7 Å². The molecule has 1 aliphatic heterocycles. The predicted molar refractivity (Wildman–Crippen MR) is 168 cm³/mol. The van der Waals surface area contributed by atoms with Crippen LogP contribution in [0.15, 0.2) is 61.2 Å². The maximum absolute atomic E-state index is 12.3. The highest BCUT2D eigenvalue weighted by atomic mass is 16.7. The monoisotopic (exact) mass is 607 g/mol. The molecule has 44 heavy (non-hydrogen) atoms. The van der Waals surface area contributed by atoms with Crippen molar-refractivity contribution in [3.63, 3.8) is 0 Å². The van der Waals surface area contributed by atoms with Gasteiger partial charge in [0.2, 0.25) is 11.8 Å². The summed E-state index contributed by atoms with van der Waals surface area (Å²) in [6.07, 6.45) is 11.0. The molecule has 2 aromatic rings. The molecule has 1 saturated carbocycles. The fourth-order valence-electron chi connectivity index (χ4n) is 6.16. The van der Waals surface area contributed by atoms with Crippen LogP contribution < -0.4 is 10.8 Å². The summed E-state index contributed by atoms with van der Waals surface area (Å²) in [4.78, 5) is 25.9. The molecule has 3 atom stereocenters. The lowest BCUT2D eigenvalue weighted by Gasteiger charge is -2.39. The van der Waals surface area contributed by atoms with Gasteiger partial charge in [-0.1, -0.05) is 80.3 Å². The van der Waals surface area contributed by atoms with E-state index < -0.39 is 6.29 Å². The smallest absolute Gasteiger partial charge is 0.243 e. The number of ether oxygens (including phenoxy) is 2. The predicted octanol–water partition coefficient (Wildman–Crippen LogP) is 5.62. The standard InChI is InChI=1S/C35H49N3O6/c1-2-21-38(30-9-7-8-10-30)24-31-22-32(28-17-15-27(25-39)16-18-28)44-35(43-31)29-19-13-26(14-20-29)23-36-33(40)11-5-3-4-6-12-34(41)37-42/h2,13-20,30-32,35,39,42H,1,3-12,21-25H2,(H,36,40)(H,37,41)/t31-,32+,35+/m0/s1. The molecule has 0 spiro atoms. The van der Waals surface area contributed by atoms with Gasteiger partial charge in [-0.3, -0.25) is 19.7 Å². The molecular formula is C35H49N3O6. The Kier molecular flexibility index (Phi) is 13.8. The normalized spacial score (nSPS) is 20.5. The largest absolute Gasteiger partial charge is 0.392 e. The summed E-state index contributed by atoms with van der Waals surface area (Å²) in [5.74, 6) is -0.372. The van der Waals surface area contributed by atoms with Crippen LogP contribution in [0, 0.1) is 0 Å². The van der Waals surface area contributed by atoms with Gasteiger partial charge in [0.15, 0.2) is 6.29 Å². The molecule has 2 aliphatic rings. The van der Waals surface area contributed by atoms with Gasteiger partial charge >= 0.3 is 0 Å². The van der Waals surface area contributed by atoms with Crippen molar-refractivity contribution in [1.82, 2.24) is 15.7 Å². The molecule has 240 valence electrons. The highest BCUT2D eigenvalue weighted by Gasteiger charge is 2.34. The summed E-state index contributed by atoms with van der Waals surface area (Å²) in [5, 5.41) is 21.0. The maximum Gasteiger partial charge on any atom is 0.243 e. The molecule has 9 heteroatoms. The van der Waals surface area contributed by atoms with Crippen LogP contribution in [0.1, 0.15) is 105 Å². The average molecular weight is 608 g/mol. The first-order chi connectivity index (χ1) is 21.5. The summed E-state index contributed by atoms with van der Waals surface area (Å²) < 4.78 is 13.1. The van der Waals surface area contributed by atoms with E-state index >= 15 is 0 Å². The number of unbranched alkanes of at least 4 members (excludes halogenated alkanes) is 3. The van der Waals surface area contributed by atoms with Crippen molar-refractivity contribution in [2.75, 3.05) is 13.1 Å². The van der Waals surface area contributed by atoms with Gasteiger partial charge in [-0.25, -0.2) is 5.48 Å². The average Bonchev–Trinajstić information content (AvgIpc) is 3.60. The summed E-state index contributed by atoms with van der Waals surface area (Å²) in [6, 6.07) is 16.6. The van der Waals surface area contributed by atoms with Gasteiger partial charge in [-0.2, -0.15) is 0 Å². The Balaban J connectivity index is 1.33. The fraction of sp³-hybridized carbons (Fsp3) is 0.543. The number of aliphatic hydroxyl groups excluding tert-OH is 1. The van der Waals surface area contributed by atoms with Crippen molar-refractivity contribution in [3.8, 4) is 0 Å². The second-order valence-electron chi connectivity index (χ2n) is 12.0. The molecule has 2 aromatic carbocycles. The van der Waals surface area contributed by atoms with Crippen LogP contribution in [-0.4, -0.2) is 52.3 Å². The van der Waals surface area contributed by atoms with Gasteiger partial charge in [-0.05, 0) is 42.4 Å². The van der Waals surface area contributed by atoms with Crippen LogP contribution in [0.25, 0.3) is 0 Å². The Morgan fingerprint density at radius 3 is 2.16 bits per heavy atom. The second-order valence-corrected chi connectivity index (χ2v) is 12.0. The lowest BCUT2D eigenvalue weighted by molar-refractivity contribution is -0.253. The number of nitrogens with one attached hydrogen (secondary N) is 2. The molecule has 2 fully saturated rings. The van der Waals surface area contributed by atoms with Crippen LogP contribution >= 0.6 is 0 Å². The van der Waals surface area contributed by atoms with Crippen molar-refractivity contribution in [2.45, 2.75) is 108 Å². The van der Waals surface area contributed by atoms with E-state index in [0.717, 1.165) is 61.0 Å². The topological polar surface area (TPSA) is 120 Å². The van der Waals surface area contributed by atoms with Gasteiger partial charge in [0.05, 0.1) is 18.8 Å². The minimum Gasteiger partial charge on any atom is -0.392 e. The van der Waals surface area contributed by atoms with Crippen molar-refractivity contribution < 1.29 is 29.4 Å². The van der Waals surface area contributed by atoms with Gasteiger partial charge in [0.1, 0.15) is 0 Å². The second kappa shape index (κ2) is 18.0. The first-order valence-electron chi connectivity index (χ1n) is 16.1. The van der Waals surface area contributed by atoms with Crippen molar-refractivity contribution in [1.29, 1.82) is 0 Å². The SMILES string of the molecule is C=CCN(C[C@@H]1C[C@H](c2ccc(CO)cc2)O[C@H](c2ccc(CNC(=O)CCCCCCC(=O)NO)cc2)O1)C1CCCC1. The van der Waals surface area contributed by atoms with Crippen LogP contribution in [0.5, 0.6) is 0 Å². The molecule has 4 N–H and O–H groups in total. The highest BCUT2D eigenvalue weighted by molar-refractivity contribution is 5.75. The molecule has 1 heterocycles. The lowest BCUT2D eigenvalue weighted by Crippen LogP contribution is -2.43. The van der Waals surface area contributed by atoms with E-state index in [-0.39, 0.29) is 30.6 Å². The Bertz CT molecular complexity index is 1170. The number of carbonyl (C=O) groups is 2. The first kappa shape index (κ1) is 33.8. The summed E-state index contributed by atoms with van der Waals surface area (Å²) in [7, 11) is 0. The lowest BCUT2D eigenvalue weighted by atomic mass is 9.99. The molecule has 0 aromatic heterocycles. The van der Waals surface area contributed by atoms with Crippen LogP contribution in [0.3, 0.4) is 0 Å². The Morgan fingerprint density at radius 1 is 0.886 bits per heavy atom. The Hall–Kier alpha value is -3.08. The molecular weight excluding hydrogens is 558 g/mol. The van der Waals surface area contributed by atoms with Crippen LogP contribution in [0.2, 0.25) is 0 Å². The zero-order valence-electron chi connectivity index (χ0n) is 25.8. The molecule has 4 rings (SSSR count). The first-order valence-corrected chi connectivity index (χ1v) is 16.1. The molecule has 0 radical (unpaired) electrons. The number of hydroxylamine groups is 1. The summed E-state index contributed by atoms with van der Waals surface area (Å²) >= 11 is 0. The number of hydrogen-bond donors (Lipinski definition) is 4. The third-order valence-corrected chi connectivity index (χ3v) is 8.68. The van der Waals surface area contributed by atoms with E-state index in [1.165, 1.54) is 25.7 Å². The zero-order chi connectivity index (χ0) is 31.1. The zero-order valence-corrected chi connectivity index (χ0v) is 25.8. The van der Waals surface area contributed by atoms with Crippen LogP contribution in [-0.2, 0) is 32.2 Å². The van der Waals surface area contributed by atoms with Crippen LogP contribution in [0.4, 0.5) is 0 Å². The molecule has 9 nitrogen and oxygen atoms in total. The van der Waals surface area contributed by atoms with Crippen molar-refractivity contribution >= 4 is 11.8 Å². The van der Waals surface area contributed by atoms with Gasteiger partial charge in [0.25, 0.3) is 0 Å². The minimum atomic E-state index is -0.516. The van der Waals surface area contributed by atoms with Gasteiger partial charge in [-0.15, -0.1) is 6.58 Å². The molecule has 1 saturated heterocycles. The van der Waals surface area contributed by atoms with Crippen molar-refractivity contribution in [3.05, 3.63) is 83.4 Å². The van der Waals surface area contributed by atoms with E-state index in [0.29, 0.717) is 31.8 Å². The minimum absolute atomic E-state index is 0.00497. The maximum atomic E-state index is 12.3. The Morgan fingerprint density at radius 2 is 1.52 bits per heavy atom. The Labute approximate surface area is 261 Å². The molecule has 0 unspecified atom stereocenters. The summed E-state index contributed by atoms with van der Waals surface area (Å²) in [6.45, 7) is 6.13. The number of benzene rings is 2. The summed E-state index contributed by atoms with van der Waals surface area (Å²) in [5.41, 5.74) is 5.52. The third-order valence-electron chi connectivity index (χ3n) is 8.68. The number of rotatable bonds is 17. The molecule has 1 aliphatic carbocycles. The van der Waals surface area contributed by atoms with Gasteiger partial charge < -0.3 is 19.9 Å². The third kappa shape index (κ3) is 10.5. The number of hydrogen-bond acceptors (Lipinski definition) is 7.